The van der Waals surface area contributed by atoms with E-state index in [4.69, 9.17) is 11.6 Å². The van der Waals surface area contributed by atoms with Gasteiger partial charge in [0.15, 0.2) is 6.17 Å². The van der Waals surface area contributed by atoms with Crippen LogP contribution in [0.2, 0.25) is 5.02 Å². The lowest BCUT2D eigenvalue weighted by molar-refractivity contribution is 0.0691. The van der Waals surface area contributed by atoms with Gasteiger partial charge in [-0.05, 0) is 41.5 Å². The lowest BCUT2D eigenvalue weighted by Gasteiger charge is -2.34. The molecular formula is C22H17BrClN3O. The van der Waals surface area contributed by atoms with Gasteiger partial charge in [-0.3, -0.25) is 4.79 Å². The lowest BCUT2D eigenvalue weighted by atomic mass is 10.1. The molecule has 0 saturated heterocycles. The van der Waals surface area contributed by atoms with E-state index < -0.39 is 0 Å². The molecule has 1 amide bonds. The van der Waals surface area contributed by atoms with Crippen molar-refractivity contribution in [1.82, 2.24) is 5.01 Å². The molecule has 28 heavy (non-hydrogen) atoms. The van der Waals surface area contributed by atoms with Crippen LogP contribution >= 0.6 is 27.5 Å². The smallest absolute Gasteiger partial charge is 0.278 e. The van der Waals surface area contributed by atoms with Crippen LogP contribution < -0.4 is 5.32 Å². The number of hydrogen-bond acceptors (Lipinski definition) is 3. The molecule has 0 aliphatic carbocycles. The first-order valence-corrected chi connectivity index (χ1v) is 10.0. The molecule has 1 heterocycles. The van der Waals surface area contributed by atoms with Crippen molar-refractivity contribution in [3.05, 3.63) is 99.0 Å². The van der Waals surface area contributed by atoms with E-state index in [9.17, 15) is 4.79 Å². The van der Waals surface area contributed by atoms with Crippen molar-refractivity contribution in [2.75, 3.05) is 5.32 Å². The normalized spacial score (nSPS) is 16.1. The number of hydrazone groups is 1. The molecule has 1 aliphatic rings. The fraction of sp³-hybridized carbons (Fsp3) is 0.0909. The van der Waals surface area contributed by atoms with Gasteiger partial charge in [0.1, 0.15) is 0 Å². The molecule has 0 aromatic heterocycles. The average molecular weight is 455 g/mol. The SMILES string of the molecule is O=C1c2cc(Cl)ccc2NC(c2ccccc2)N1N=CCc1ccc(Br)cc1. The highest BCUT2D eigenvalue weighted by Crippen LogP contribution is 2.34. The molecule has 140 valence electrons. The summed E-state index contributed by atoms with van der Waals surface area (Å²) in [5.41, 5.74) is 3.34. The number of carbonyl (C=O) groups is 1. The Balaban J connectivity index is 1.65. The largest absolute Gasteiger partial charge is 0.359 e. The van der Waals surface area contributed by atoms with Gasteiger partial charge in [0.2, 0.25) is 0 Å². The maximum atomic E-state index is 13.1. The Morgan fingerprint density at radius 3 is 2.57 bits per heavy atom. The molecule has 0 saturated carbocycles. The van der Waals surface area contributed by atoms with Gasteiger partial charge in [-0.25, -0.2) is 5.01 Å². The first-order valence-electron chi connectivity index (χ1n) is 8.83. The highest BCUT2D eigenvalue weighted by molar-refractivity contribution is 9.10. The highest BCUT2D eigenvalue weighted by Gasteiger charge is 2.33. The van der Waals surface area contributed by atoms with E-state index in [-0.39, 0.29) is 12.1 Å². The van der Waals surface area contributed by atoms with Crippen LogP contribution in [0, 0.1) is 0 Å². The Morgan fingerprint density at radius 2 is 1.82 bits per heavy atom. The molecule has 3 aromatic rings. The fourth-order valence-electron chi connectivity index (χ4n) is 3.10. The van der Waals surface area contributed by atoms with Crippen molar-refractivity contribution in [2.45, 2.75) is 12.6 Å². The number of rotatable bonds is 4. The van der Waals surface area contributed by atoms with Gasteiger partial charge < -0.3 is 5.32 Å². The molecule has 0 radical (unpaired) electrons. The molecule has 0 fully saturated rings. The zero-order valence-corrected chi connectivity index (χ0v) is 17.2. The Kier molecular flexibility index (Phi) is 5.46. The minimum atomic E-state index is -0.386. The summed E-state index contributed by atoms with van der Waals surface area (Å²) < 4.78 is 1.03. The molecule has 4 nitrogen and oxygen atoms in total. The fourth-order valence-corrected chi connectivity index (χ4v) is 3.54. The van der Waals surface area contributed by atoms with Crippen LogP contribution in [0.4, 0.5) is 5.69 Å². The summed E-state index contributed by atoms with van der Waals surface area (Å²) in [5, 5.41) is 9.91. The van der Waals surface area contributed by atoms with Crippen LogP contribution in [0.15, 0.2) is 82.4 Å². The molecule has 3 aromatic carbocycles. The highest BCUT2D eigenvalue weighted by atomic mass is 79.9. The Bertz CT molecular complexity index is 1020. The lowest BCUT2D eigenvalue weighted by Crippen LogP contribution is -2.39. The molecular weight excluding hydrogens is 438 g/mol. The number of amides is 1. The van der Waals surface area contributed by atoms with Gasteiger partial charge in [-0.2, -0.15) is 5.10 Å². The number of nitrogens with zero attached hydrogens (tertiary/aromatic N) is 2. The van der Waals surface area contributed by atoms with Crippen LogP contribution in [0.5, 0.6) is 0 Å². The summed E-state index contributed by atoms with van der Waals surface area (Å²) in [6.45, 7) is 0. The third-order valence-corrected chi connectivity index (χ3v) is 5.28. The van der Waals surface area contributed by atoms with E-state index in [0.29, 0.717) is 17.0 Å². The molecule has 6 heteroatoms. The second-order valence-electron chi connectivity index (χ2n) is 6.43. The first kappa shape index (κ1) is 18.7. The Hall–Kier alpha value is -2.63. The number of nitrogens with one attached hydrogen (secondary N) is 1. The number of halogens is 2. The summed E-state index contributed by atoms with van der Waals surface area (Å²) in [6, 6.07) is 23.1. The molecule has 0 spiro atoms. The number of anilines is 1. The summed E-state index contributed by atoms with van der Waals surface area (Å²) in [6.07, 6.45) is 2.00. The Morgan fingerprint density at radius 1 is 1.07 bits per heavy atom. The standard InChI is InChI=1S/C22H17BrClN3O/c23-17-8-6-15(7-9-17)12-13-25-27-21(16-4-2-1-3-5-16)26-20-11-10-18(24)14-19(20)22(27)28/h1-11,13-14,21,26H,12H2. The third kappa shape index (κ3) is 3.96. The monoisotopic (exact) mass is 453 g/mol. The van der Waals surface area contributed by atoms with E-state index in [0.717, 1.165) is 21.3 Å². The Labute approximate surface area is 177 Å². The maximum Gasteiger partial charge on any atom is 0.278 e. The van der Waals surface area contributed by atoms with E-state index >= 15 is 0 Å². The zero-order valence-electron chi connectivity index (χ0n) is 14.8. The van der Waals surface area contributed by atoms with Crippen molar-refractivity contribution in [3.63, 3.8) is 0 Å². The maximum absolute atomic E-state index is 13.1. The topological polar surface area (TPSA) is 44.7 Å². The van der Waals surface area contributed by atoms with E-state index in [2.05, 4.69) is 26.3 Å². The van der Waals surface area contributed by atoms with Gasteiger partial charge in [-0.15, -0.1) is 0 Å². The van der Waals surface area contributed by atoms with Crippen molar-refractivity contribution >= 4 is 45.3 Å². The van der Waals surface area contributed by atoms with Gasteiger partial charge in [0, 0.05) is 27.8 Å². The van der Waals surface area contributed by atoms with Crippen LogP contribution in [-0.4, -0.2) is 17.1 Å². The summed E-state index contributed by atoms with van der Waals surface area (Å²) in [7, 11) is 0. The van der Waals surface area contributed by atoms with Crippen LogP contribution in [0.1, 0.15) is 27.7 Å². The van der Waals surface area contributed by atoms with Gasteiger partial charge >= 0.3 is 0 Å². The molecule has 1 N–H and O–H groups in total. The summed E-state index contributed by atoms with van der Waals surface area (Å²) in [4.78, 5) is 13.1. The van der Waals surface area contributed by atoms with Crippen molar-refractivity contribution in [2.24, 2.45) is 5.10 Å². The van der Waals surface area contributed by atoms with E-state index in [1.54, 1.807) is 18.3 Å². The molecule has 0 bridgehead atoms. The minimum Gasteiger partial charge on any atom is -0.359 e. The number of carbonyl (C=O) groups excluding carboxylic acids is 1. The van der Waals surface area contributed by atoms with Gasteiger partial charge in [0.05, 0.1) is 5.56 Å². The second kappa shape index (κ2) is 8.17. The molecule has 1 atom stereocenters. The third-order valence-electron chi connectivity index (χ3n) is 4.52. The minimum absolute atomic E-state index is 0.183. The van der Waals surface area contributed by atoms with Crippen LogP contribution in [-0.2, 0) is 6.42 Å². The van der Waals surface area contributed by atoms with Crippen LogP contribution in [0.3, 0.4) is 0 Å². The average Bonchev–Trinajstić information content (AvgIpc) is 2.72. The predicted molar refractivity (Wildman–Crippen MR) is 117 cm³/mol. The molecule has 1 unspecified atom stereocenters. The van der Waals surface area contributed by atoms with Crippen molar-refractivity contribution in [3.8, 4) is 0 Å². The predicted octanol–water partition coefficient (Wildman–Crippen LogP) is 5.90. The summed E-state index contributed by atoms with van der Waals surface area (Å²) in [5.74, 6) is -0.183. The van der Waals surface area contributed by atoms with E-state index in [1.165, 1.54) is 5.01 Å². The van der Waals surface area contributed by atoms with Gasteiger partial charge in [-0.1, -0.05) is 70.0 Å². The van der Waals surface area contributed by atoms with E-state index in [1.807, 2.05) is 60.7 Å². The van der Waals surface area contributed by atoms with Crippen molar-refractivity contribution in [1.29, 1.82) is 0 Å². The number of fused-ring (bicyclic) bond motifs is 1. The second-order valence-corrected chi connectivity index (χ2v) is 7.78. The quantitative estimate of drug-likeness (QED) is 0.499. The van der Waals surface area contributed by atoms with Crippen molar-refractivity contribution < 1.29 is 4.79 Å². The zero-order chi connectivity index (χ0) is 19.5. The number of hydrogen-bond donors (Lipinski definition) is 1. The molecule has 4 rings (SSSR count). The first-order chi connectivity index (χ1) is 13.6. The van der Waals surface area contributed by atoms with Gasteiger partial charge in [0.25, 0.3) is 5.91 Å². The summed E-state index contributed by atoms with van der Waals surface area (Å²) >= 11 is 9.53. The number of benzene rings is 3. The molecule has 1 aliphatic heterocycles. The van der Waals surface area contributed by atoms with Crippen LogP contribution in [0.25, 0.3) is 0 Å².